The molecule has 1 heterocycles. The number of phenols is 1. The second-order valence-corrected chi connectivity index (χ2v) is 6.65. The second-order valence-electron chi connectivity index (χ2n) is 5.87. The molecule has 0 amide bonds. The molecule has 0 spiro atoms. The van der Waals surface area contributed by atoms with Crippen LogP contribution < -0.4 is 10.6 Å². The first-order valence-corrected chi connectivity index (χ1v) is 9.45. The second kappa shape index (κ2) is 12.1. The molecular weight excluding hydrogens is 445 g/mol. The predicted molar refractivity (Wildman–Crippen MR) is 119 cm³/mol. The molecule has 1 atom stereocenters. The highest BCUT2D eigenvalue weighted by molar-refractivity contribution is 14.0. The van der Waals surface area contributed by atoms with E-state index >= 15 is 0 Å². The van der Waals surface area contributed by atoms with E-state index in [2.05, 4.69) is 41.3 Å². The van der Waals surface area contributed by atoms with Crippen LogP contribution >= 0.6 is 35.3 Å². The SMILES string of the molecule is CCNC(=NCC(C)c1ccsc1)NCCCc1ccc(O)cc1.I. The summed E-state index contributed by atoms with van der Waals surface area (Å²) in [5, 5.41) is 20.3. The molecule has 3 N–H and O–H groups in total. The quantitative estimate of drug-likeness (QED) is 0.231. The molecule has 0 bridgehead atoms. The summed E-state index contributed by atoms with van der Waals surface area (Å²) in [6.07, 6.45) is 2.01. The van der Waals surface area contributed by atoms with E-state index in [-0.39, 0.29) is 24.0 Å². The number of guanidine groups is 1. The Labute approximate surface area is 171 Å². The van der Waals surface area contributed by atoms with Crippen molar-refractivity contribution >= 4 is 41.3 Å². The van der Waals surface area contributed by atoms with Crippen LogP contribution in [0.2, 0.25) is 0 Å². The van der Waals surface area contributed by atoms with Gasteiger partial charge in [-0.3, -0.25) is 4.99 Å². The van der Waals surface area contributed by atoms with Crippen LogP contribution in [-0.2, 0) is 6.42 Å². The van der Waals surface area contributed by atoms with Crippen molar-refractivity contribution in [2.24, 2.45) is 4.99 Å². The molecule has 1 aromatic carbocycles. The number of thiophene rings is 1. The predicted octanol–water partition coefficient (Wildman–Crippen LogP) is 4.36. The Morgan fingerprint density at radius 2 is 1.96 bits per heavy atom. The monoisotopic (exact) mass is 473 g/mol. The maximum Gasteiger partial charge on any atom is 0.191 e. The molecule has 0 saturated carbocycles. The number of aryl methyl sites for hydroxylation is 1. The standard InChI is InChI=1S/C19H27N3OS.HI/c1-3-20-19(22-13-15(2)17-10-12-24-14-17)21-11-4-5-16-6-8-18(23)9-7-16;/h6-10,12,14-15,23H,3-5,11,13H2,1-2H3,(H2,20,21,22);1H. The molecule has 0 fully saturated rings. The zero-order valence-corrected chi connectivity index (χ0v) is 18.0. The van der Waals surface area contributed by atoms with Crippen molar-refractivity contribution in [2.45, 2.75) is 32.6 Å². The molecule has 0 aliphatic heterocycles. The number of nitrogens with one attached hydrogen (secondary N) is 2. The number of phenolic OH excluding ortho intramolecular Hbond substituents is 1. The summed E-state index contributed by atoms with van der Waals surface area (Å²) >= 11 is 1.73. The van der Waals surface area contributed by atoms with Crippen molar-refractivity contribution in [1.82, 2.24) is 10.6 Å². The van der Waals surface area contributed by atoms with E-state index in [1.807, 2.05) is 12.1 Å². The molecule has 2 aromatic rings. The lowest BCUT2D eigenvalue weighted by molar-refractivity contribution is 0.475. The van der Waals surface area contributed by atoms with Crippen LogP contribution in [0.5, 0.6) is 5.75 Å². The van der Waals surface area contributed by atoms with Crippen LogP contribution in [-0.4, -0.2) is 30.7 Å². The third kappa shape index (κ3) is 8.09. The summed E-state index contributed by atoms with van der Waals surface area (Å²) in [6.45, 7) is 6.80. The fourth-order valence-electron chi connectivity index (χ4n) is 2.39. The van der Waals surface area contributed by atoms with E-state index in [0.717, 1.165) is 38.4 Å². The highest BCUT2D eigenvalue weighted by Gasteiger charge is 2.05. The summed E-state index contributed by atoms with van der Waals surface area (Å²) in [4.78, 5) is 4.69. The van der Waals surface area contributed by atoms with Crippen LogP contribution in [0.15, 0.2) is 46.1 Å². The van der Waals surface area contributed by atoms with Crippen LogP contribution in [0, 0.1) is 0 Å². The van der Waals surface area contributed by atoms with Gasteiger partial charge in [-0.2, -0.15) is 11.3 Å². The number of hydrogen-bond donors (Lipinski definition) is 3. The van der Waals surface area contributed by atoms with Gasteiger partial charge in [-0.05, 0) is 59.9 Å². The summed E-state index contributed by atoms with van der Waals surface area (Å²) in [5.41, 5.74) is 2.59. The van der Waals surface area contributed by atoms with Gasteiger partial charge in [0.05, 0.1) is 0 Å². The van der Waals surface area contributed by atoms with E-state index in [0.29, 0.717) is 11.7 Å². The first kappa shape index (κ1) is 21.8. The number of hydrogen-bond acceptors (Lipinski definition) is 3. The topological polar surface area (TPSA) is 56.7 Å². The van der Waals surface area contributed by atoms with Gasteiger partial charge in [-0.25, -0.2) is 0 Å². The van der Waals surface area contributed by atoms with Crippen molar-refractivity contribution in [2.75, 3.05) is 19.6 Å². The van der Waals surface area contributed by atoms with Crippen molar-refractivity contribution < 1.29 is 5.11 Å². The Hall–Kier alpha value is -1.28. The lowest BCUT2D eigenvalue weighted by atomic mass is 10.1. The largest absolute Gasteiger partial charge is 0.508 e. The molecular formula is C19H28IN3OS. The maximum atomic E-state index is 9.30. The summed E-state index contributed by atoms with van der Waals surface area (Å²) in [7, 11) is 0. The minimum Gasteiger partial charge on any atom is -0.508 e. The van der Waals surface area contributed by atoms with Gasteiger partial charge in [-0.15, -0.1) is 24.0 Å². The van der Waals surface area contributed by atoms with E-state index in [9.17, 15) is 5.11 Å². The van der Waals surface area contributed by atoms with Gasteiger partial charge in [-0.1, -0.05) is 19.1 Å². The maximum absolute atomic E-state index is 9.30. The Bertz CT molecular complexity index is 614. The smallest absolute Gasteiger partial charge is 0.191 e. The molecule has 0 aliphatic rings. The number of rotatable bonds is 8. The summed E-state index contributed by atoms with van der Waals surface area (Å²) in [5.74, 6) is 1.63. The van der Waals surface area contributed by atoms with Gasteiger partial charge in [0, 0.05) is 25.6 Å². The first-order chi connectivity index (χ1) is 11.7. The third-order valence-corrected chi connectivity index (χ3v) is 4.55. The fourth-order valence-corrected chi connectivity index (χ4v) is 3.17. The van der Waals surface area contributed by atoms with E-state index < -0.39 is 0 Å². The normalized spacial score (nSPS) is 12.3. The molecule has 1 unspecified atom stereocenters. The third-order valence-electron chi connectivity index (χ3n) is 3.85. The molecule has 1 aromatic heterocycles. The number of aliphatic imine (C=N–C) groups is 1. The van der Waals surface area contributed by atoms with Gasteiger partial charge < -0.3 is 15.7 Å². The number of halogens is 1. The van der Waals surface area contributed by atoms with Crippen LogP contribution in [0.3, 0.4) is 0 Å². The molecule has 6 heteroatoms. The molecule has 2 rings (SSSR count). The highest BCUT2D eigenvalue weighted by atomic mass is 127. The van der Waals surface area contributed by atoms with Crippen molar-refractivity contribution in [3.63, 3.8) is 0 Å². The molecule has 0 saturated heterocycles. The lowest BCUT2D eigenvalue weighted by Crippen LogP contribution is -2.38. The van der Waals surface area contributed by atoms with Gasteiger partial charge in [0.2, 0.25) is 0 Å². The number of nitrogens with zero attached hydrogens (tertiary/aromatic N) is 1. The summed E-state index contributed by atoms with van der Waals surface area (Å²) in [6, 6.07) is 9.58. The summed E-state index contributed by atoms with van der Waals surface area (Å²) < 4.78 is 0. The zero-order valence-electron chi connectivity index (χ0n) is 14.9. The number of benzene rings is 1. The average molecular weight is 473 g/mol. The fraction of sp³-hybridized carbons (Fsp3) is 0.421. The Balaban J connectivity index is 0.00000312. The van der Waals surface area contributed by atoms with Crippen LogP contribution in [0.4, 0.5) is 0 Å². The van der Waals surface area contributed by atoms with E-state index in [1.54, 1.807) is 23.5 Å². The van der Waals surface area contributed by atoms with Gasteiger partial charge in [0.15, 0.2) is 5.96 Å². The van der Waals surface area contributed by atoms with Crippen molar-refractivity contribution in [3.05, 3.63) is 52.2 Å². The van der Waals surface area contributed by atoms with Gasteiger partial charge in [0.25, 0.3) is 0 Å². The first-order valence-electron chi connectivity index (χ1n) is 8.51. The molecule has 25 heavy (non-hydrogen) atoms. The highest BCUT2D eigenvalue weighted by Crippen LogP contribution is 2.18. The van der Waals surface area contributed by atoms with Crippen molar-refractivity contribution in [3.8, 4) is 5.75 Å². The van der Waals surface area contributed by atoms with Crippen molar-refractivity contribution in [1.29, 1.82) is 0 Å². The van der Waals surface area contributed by atoms with Gasteiger partial charge in [0.1, 0.15) is 5.75 Å². The van der Waals surface area contributed by atoms with Crippen LogP contribution in [0.1, 0.15) is 37.3 Å². The molecule has 0 aliphatic carbocycles. The zero-order chi connectivity index (χ0) is 17.2. The minimum atomic E-state index is 0. The molecule has 4 nitrogen and oxygen atoms in total. The number of aromatic hydroxyl groups is 1. The Morgan fingerprint density at radius 1 is 1.20 bits per heavy atom. The van der Waals surface area contributed by atoms with E-state index in [1.165, 1.54) is 11.1 Å². The Kier molecular flexibility index (Phi) is 10.6. The average Bonchev–Trinajstić information content (AvgIpc) is 3.12. The Morgan fingerprint density at radius 3 is 2.60 bits per heavy atom. The minimum absolute atomic E-state index is 0. The van der Waals surface area contributed by atoms with E-state index in [4.69, 9.17) is 4.99 Å². The van der Waals surface area contributed by atoms with Gasteiger partial charge >= 0.3 is 0 Å². The lowest BCUT2D eigenvalue weighted by Gasteiger charge is -2.13. The van der Waals surface area contributed by atoms with Crippen LogP contribution in [0.25, 0.3) is 0 Å². The molecule has 138 valence electrons. The molecule has 0 radical (unpaired) electrons.